The van der Waals surface area contributed by atoms with Crippen molar-refractivity contribution < 1.29 is 13.7 Å². The van der Waals surface area contributed by atoms with Gasteiger partial charge in [-0.3, -0.25) is 0 Å². The van der Waals surface area contributed by atoms with E-state index in [0.717, 1.165) is 47.5 Å². The summed E-state index contributed by atoms with van der Waals surface area (Å²) in [5, 5.41) is 0. The molecule has 132 valence electrons. The van der Waals surface area contributed by atoms with Crippen LogP contribution in [0.4, 0.5) is 0 Å². The van der Waals surface area contributed by atoms with E-state index in [2.05, 4.69) is 74.1 Å². The number of hydrogen-bond donors (Lipinski definition) is 0. The molecule has 0 aliphatic carbocycles. The molecule has 0 unspecified atom stereocenters. The minimum Gasteiger partial charge on any atom is -0.493 e. The average Bonchev–Trinajstić information content (AvgIpc) is 2.45. The number of ether oxygens (including phenoxy) is 1. The molecule has 0 saturated heterocycles. The largest absolute Gasteiger partial charge is 0.493 e. The van der Waals surface area contributed by atoms with Crippen LogP contribution in [0.2, 0.25) is 0 Å². The topological polar surface area (TPSA) is 9.23 Å². The van der Waals surface area contributed by atoms with Crippen LogP contribution in [-0.2, 0) is 13.1 Å². The van der Waals surface area contributed by atoms with Gasteiger partial charge in [0.1, 0.15) is 18.8 Å². The van der Waals surface area contributed by atoms with Crippen LogP contribution in [0.25, 0.3) is 0 Å². The summed E-state index contributed by atoms with van der Waals surface area (Å²) in [5.41, 5.74) is 2.74. The van der Waals surface area contributed by atoms with E-state index in [9.17, 15) is 0 Å². The summed E-state index contributed by atoms with van der Waals surface area (Å²) in [6, 6.07) is 6.78. The summed E-state index contributed by atoms with van der Waals surface area (Å²) < 4.78 is 8.08. The van der Waals surface area contributed by atoms with Gasteiger partial charge in [-0.25, -0.2) is 0 Å². The van der Waals surface area contributed by atoms with Crippen molar-refractivity contribution in [2.24, 2.45) is 5.92 Å². The lowest BCUT2D eigenvalue weighted by Crippen LogP contribution is -2.39. The fourth-order valence-electron chi connectivity index (χ4n) is 2.43. The normalized spacial score (nSPS) is 12.7. The molecule has 3 heteroatoms. The summed E-state index contributed by atoms with van der Waals surface area (Å²) in [6.45, 7) is 14.0. The van der Waals surface area contributed by atoms with E-state index < -0.39 is 0 Å². The van der Waals surface area contributed by atoms with Gasteiger partial charge in [-0.2, -0.15) is 0 Å². The minimum absolute atomic E-state index is 0.548. The van der Waals surface area contributed by atoms with Crippen LogP contribution in [0.3, 0.4) is 0 Å². The first kappa shape index (κ1) is 20.0. The van der Waals surface area contributed by atoms with Gasteiger partial charge in [0.2, 0.25) is 0 Å². The average molecular weight is 323 g/mol. The summed E-state index contributed by atoms with van der Waals surface area (Å²) in [4.78, 5) is 0. The first-order valence-electron chi connectivity index (χ1n) is 8.97. The molecule has 0 fully saturated rings. The molecule has 23 heavy (non-hydrogen) atoms. The van der Waals surface area contributed by atoms with E-state index >= 15 is 0 Å². The molecule has 0 saturated carbocycles. The molecule has 1 aromatic carbocycles. The quantitative estimate of drug-likeness (QED) is 0.626. The van der Waals surface area contributed by atoms with Crippen molar-refractivity contribution in [3.05, 3.63) is 29.3 Å². The molecule has 0 amide bonds. The molecular weight excluding hydrogens is 284 g/mol. The molecule has 1 rings (SSSR count). The Morgan fingerprint density at radius 2 is 1.48 bits per heavy atom. The zero-order chi connectivity index (χ0) is 17.7. The van der Waals surface area contributed by atoms with Gasteiger partial charge < -0.3 is 13.7 Å². The van der Waals surface area contributed by atoms with Gasteiger partial charge in [0.05, 0.1) is 47.9 Å². The molecule has 0 aliphatic rings. The second kappa shape index (κ2) is 8.16. The van der Waals surface area contributed by atoms with Crippen LogP contribution in [0.5, 0.6) is 5.75 Å². The molecule has 1 aromatic rings. The summed E-state index contributed by atoms with van der Waals surface area (Å²) >= 11 is 0. The van der Waals surface area contributed by atoms with Crippen molar-refractivity contribution in [1.29, 1.82) is 0 Å². The van der Waals surface area contributed by atoms with Gasteiger partial charge >= 0.3 is 0 Å². The molecule has 0 atom stereocenters. The second-order valence-electron chi connectivity index (χ2n) is 8.47. The van der Waals surface area contributed by atoms with E-state index in [1.54, 1.807) is 0 Å². The van der Waals surface area contributed by atoms with E-state index in [1.807, 2.05) is 0 Å². The molecular formula is C20H38N2O+2. The Bertz CT molecular complexity index is 492. The number of hydrogen-bond acceptors (Lipinski definition) is 1. The minimum atomic E-state index is 0.548. The highest BCUT2D eigenvalue weighted by Gasteiger charge is 2.19. The molecule has 0 bridgehead atoms. The van der Waals surface area contributed by atoms with Crippen LogP contribution in [0, 0.1) is 5.92 Å². The molecule has 0 radical (unpaired) electrons. The number of nitrogens with zero attached hydrogens (tertiary/aromatic N) is 2. The molecule has 0 aromatic heterocycles. The Morgan fingerprint density at radius 3 is 2.00 bits per heavy atom. The van der Waals surface area contributed by atoms with Gasteiger partial charge in [0.15, 0.2) is 0 Å². The molecule has 0 aliphatic heterocycles. The number of quaternary nitrogens is 2. The van der Waals surface area contributed by atoms with E-state index in [1.165, 1.54) is 11.1 Å². The van der Waals surface area contributed by atoms with Crippen LogP contribution >= 0.6 is 0 Å². The van der Waals surface area contributed by atoms with Crippen LogP contribution in [0.15, 0.2) is 18.2 Å². The maximum atomic E-state index is 6.09. The van der Waals surface area contributed by atoms with Crippen LogP contribution < -0.4 is 4.74 Å². The molecule has 0 N–H and O–H groups in total. The number of rotatable bonds is 9. The van der Waals surface area contributed by atoms with Gasteiger partial charge in [0.25, 0.3) is 0 Å². The summed E-state index contributed by atoms with van der Waals surface area (Å²) in [5.74, 6) is 1.61. The fraction of sp³-hybridized carbons (Fsp3) is 0.700. The van der Waals surface area contributed by atoms with Crippen molar-refractivity contribution in [3.63, 3.8) is 0 Å². The van der Waals surface area contributed by atoms with Crippen LogP contribution in [-0.4, -0.2) is 56.9 Å². The second-order valence-corrected chi connectivity index (χ2v) is 8.47. The zero-order valence-corrected chi connectivity index (χ0v) is 16.6. The Hall–Kier alpha value is -1.06. The lowest BCUT2D eigenvalue weighted by molar-refractivity contribution is -0.902. The van der Waals surface area contributed by atoms with E-state index in [-0.39, 0.29) is 0 Å². The maximum absolute atomic E-state index is 6.09. The SMILES string of the molecule is CC[N+](C)(C)Cc1ccc(OCC(C)C)c(C[N+](C)(C)CC)c1. The van der Waals surface area contributed by atoms with E-state index in [0.29, 0.717) is 5.92 Å². The van der Waals surface area contributed by atoms with Crippen molar-refractivity contribution >= 4 is 0 Å². The maximum Gasteiger partial charge on any atom is 0.128 e. The van der Waals surface area contributed by atoms with Crippen molar-refractivity contribution in [2.75, 3.05) is 47.9 Å². The molecule has 0 spiro atoms. The highest BCUT2D eigenvalue weighted by Crippen LogP contribution is 2.25. The lowest BCUT2D eigenvalue weighted by atomic mass is 10.1. The van der Waals surface area contributed by atoms with E-state index in [4.69, 9.17) is 4.74 Å². The monoisotopic (exact) mass is 322 g/mol. The number of benzene rings is 1. The Kier molecular flexibility index (Phi) is 7.09. The highest BCUT2D eigenvalue weighted by atomic mass is 16.5. The van der Waals surface area contributed by atoms with Crippen molar-refractivity contribution in [1.82, 2.24) is 0 Å². The third-order valence-electron chi connectivity index (χ3n) is 4.62. The summed E-state index contributed by atoms with van der Waals surface area (Å²) in [7, 11) is 9.14. The zero-order valence-electron chi connectivity index (χ0n) is 16.6. The summed E-state index contributed by atoms with van der Waals surface area (Å²) in [6.07, 6.45) is 0. The standard InChI is InChI=1S/C20H38N2O/c1-9-21(5,6)14-18-11-12-20(23-16-17(3)4)19(13-18)15-22(7,8)10-2/h11-13,17H,9-10,14-16H2,1-8H3/q+2. The Balaban J connectivity index is 3.06. The molecule has 3 nitrogen and oxygen atoms in total. The van der Waals surface area contributed by atoms with Crippen LogP contribution in [0.1, 0.15) is 38.8 Å². The highest BCUT2D eigenvalue weighted by molar-refractivity contribution is 5.36. The third-order valence-corrected chi connectivity index (χ3v) is 4.62. The smallest absolute Gasteiger partial charge is 0.128 e. The van der Waals surface area contributed by atoms with Gasteiger partial charge in [0, 0.05) is 11.1 Å². The predicted octanol–water partition coefficient (Wildman–Crippen LogP) is 3.91. The third kappa shape index (κ3) is 6.92. The van der Waals surface area contributed by atoms with Gasteiger partial charge in [-0.15, -0.1) is 0 Å². The first-order chi connectivity index (χ1) is 10.6. The fourth-order valence-corrected chi connectivity index (χ4v) is 2.43. The van der Waals surface area contributed by atoms with Crippen molar-refractivity contribution in [3.8, 4) is 5.75 Å². The predicted molar refractivity (Wildman–Crippen MR) is 99.5 cm³/mol. The first-order valence-corrected chi connectivity index (χ1v) is 8.97. The van der Waals surface area contributed by atoms with Gasteiger partial charge in [-0.1, -0.05) is 13.8 Å². The molecule has 0 heterocycles. The Labute approximate surface area is 144 Å². The van der Waals surface area contributed by atoms with Gasteiger partial charge in [-0.05, 0) is 38.0 Å². The Morgan fingerprint density at radius 1 is 0.913 bits per heavy atom. The lowest BCUT2D eigenvalue weighted by Gasteiger charge is -2.31. The van der Waals surface area contributed by atoms with Crippen molar-refractivity contribution in [2.45, 2.75) is 40.8 Å².